The van der Waals surface area contributed by atoms with Crippen LogP contribution in [-0.4, -0.2) is 54.3 Å². The summed E-state index contributed by atoms with van der Waals surface area (Å²) in [6, 6.07) is 4.45. The highest BCUT2D eigenvalue weighted by molar-refractivity contribution is 7.10. The Kier molecular flexibility index (Phi) is 6.28. The van der Waals surface area contributed by atoms with Gasteiger partial charge in [-0.2, -0.15) is 0 Å². The molecule has 0 unspecified atom stereocenters. The number of hydrogen-bond donors (Lipinski definition) is 0. The van der Waals surface area contributed by atoms with E-state index in [4.69, 9.17) is 9.26 Å². The molecule has 4 rings (SSSR count). The molecule has 0 N–H and O–H groups in total. The highest BCUT2D eigenvalue weighted by atomic mass is 32.1. The number of rotatable bonds is 7. The maximum absolute atomic E-state index is 5.77. The standard InChI is InChI=1S/C21H31N3O2S/c1-16-8-19(26-22-16)10-18-12-24(14-21(18)25-2)13-20-9-17(15-27-20)11-23-6-4-3-5-7-23/h8-9,15,18,21H,3-7,10-14H2,1-2H3/t18-,21+/m1/s1. The van der Waals surface area contributed by atoms with Gasteiger partial charge in [0.25, 0.3) is 0 Å². The highest BCUT2D eigenvalue weighted by Crippen LogP contribution is 2.27. The summed E-state index contributed by atoms with van der Waals surface area (Å²) < 4.78 is 11.2. The number of likely N-dealkylation sites (tertiary alicyclic amines) is 2. The van der Waals surface area contributed by atoms with E-state index in [1.165, 1.54) is 42.8 Å². The Labute approximate surface area is 166 Å². The molecule has 5 nitrogen and oxygen atoms in total. The maximum Gasteiger partial charge on any atom is 0.137 e. The fourth-order valence-electron chi connectivity index (χ4n) is 4.48. The summed E-state index contributed by atoms with van der Waals surface area (Å²) in [6.45, 7) is 8.68. The summed E-state index contributed by atoms with van der Waals surface area (Å²) in [5.41, 5.74) is 2.43. The van der Waals surface area contributed by atoms with Crippen molar-refractivity contribution in [1.82, 2.24) is 15.0 Å². The molecule has 2 aromatic heterocycles. The van der Waals surface area contributed by atoms with Crippen LogP contribution in [0.3, 0.4) is 0 Å². The quantitative estimate of drug-likeness (QED) is 0.722. The molecule has 0 aromatic carbocycles. The summed E-state index contributed by atoms with van der Waals surface area (Å²) in [7, 11) is 1.83. The number of piperidine rings is 1. The van der Waals surface area contributed by atoms with Crippen molar-refractivity contribution < 1.29 is 9.26 Å². The molecule has 0 aliphatic carbocycles. The molecule has 2 aliphatic heterocycles. The van der Waals surface area contributed by atoms with E-state index >= 15 is 0 Å². The van der Waals surface area contributed by atoms with Gasteiger partial charge in [0.05, 0.1) is 11.8 Å². The van der Waals surface area contributed by atoms with Gasteiger partial charge in [0.1, 0.15) is 5.76 Å². The van der Waals surface area contributed by atoms with Crippen LogP contribution in [0.25, 0.3) is 0 Å². The first-order chi connectivity index (χ1) is 13.2. The second kappa shape index (κ2) is 8.86. The number of nitrogens with zero attached hydrogens (tertiary/aromatic N) is 3. The largest absolute Gasteiger partial charge is 0.380 e. The van der Waals surface area contributed by atoms with Crippen molar-refractivity contribution in [1.29, 1.82) is 0 Å². The summed E-state index contributed by atoms with van der Waals surface area (Å²) in [5.74, 6) is 1.44. The predicted molar refractivity (Wildman–Crippen MR) is 108 cm³/mol. The Balaban J connectivity index is 1.31. The zero-order valence-electron chi connectivity index (χ0n) is 16.5. The number of aromatic nitrogens is 1. The number of aryl methyl sites for hydroxylation is 1. The Hall–Kier alpha value is -1.21. The lowest BCUT2D eigenvalue weighted by Gasteiger charge is -2.25. The van der Waals surface area contributed by atoms with E-state index < -0.39 is 0 Å². The Morgan fingerprint density at radius 3 is 2.74 bits per heavy atom. The average Bonchev–Trinajstić information content (AvgIpc) is 3.38. The normalized spacial score (nSPS) is 24.7. The van der Waals surface area contributed by atoms with Crippen LogP contribution in [0.5, 0.6) is 0 Å². The molecule has 0 radical (unpaired) electrons. The SMILES string of the molecule is CO[C@H]1CN(Cc2cc(CN3CCCCC3)cs2)C[C@H]1Cc1cc(C)no1. The van der Waals surface area contributed by atoms with Crippen LogP contribution < -0.4 is 0 Å². The monoisotopic (exact) mass is 389 g/mol. The Morgan fingerprint density at radius 2 is 2.00 bits per heavy atom. The van der Waals surface area contributed by atoms with Gasteiger partial charge in [0.2, 0.25) is 0 Å². The zero-order valence-corrected chi connectivity index (χ0v) is 17.3. The van der Waals surface area contributed by atoms with Crippen molar-refractivity contribution in [3.63, 3.8) is 0 Å². The fraction of sp³-hybridized carbons (Fsp3) is 0.667. The molecule has 0 amide bonds. The van der Waals surface area contributed by atoms with E-state index in [0.29, 0.717) is 5.92 Å². The Morgan fingerprint density at radius 1 is 1.15 bits per heavy atom. The lowest BCUT2D eigenvalue weighted by Crippen LogP contribution is -2.28. The lowest BCUT2D eigenvalue weighted by atomic mass is 10.0. The molecule has 0 bridgehead atoms. The van der Waals surface area contributed by atoms with Crippen LogP contribution in [-0.2, 0) is 24.2 Å². The van der Waals surface area contributed by atoms with Gasteiger partial charge in [-0.05, 0) is 49.9 Å². The van der Waals surface area contributed by atoms with E-state index in [2.05, 4.69) is 26.4 Å². The molecule has 27 heavy (non-hydrogen) atoms. The number of ether oxygens (including phenoxy) is 1. The first-order valence-electron chi connectivity index (χ1n) is 10.2. The van der Waals surface area contributed by atoms with E-state index in [0.717, 1.165) is 44.1 Å². The third-order valence-corrected chi connectivity index (χ3v) is 6.81. The average molecular weight is 390 g/mol. The second-order valence-corrected chi connectivity index (χ2v) is 9.12. The molecule has 2 fully saturated rings. The van der Waals surface area contributed by atoms with Crippen LogP contribution in [0.1, 0.15) is 41.2 Å². The van der Waals surface area contributed by atoms with E-state index in [1.54, 1.807) is 0 Å². The fourth-order valence-corrected chi connectivity index (χ4v) is 5.40. The minimum Gasteiger partial charge on any atom is -0.380 e. The zero-order chi connectivity index (χ0) is 18.6. The molecule has 6 heteroatoms. The third-order valence-electron chi connectivity index (χ3n) is 5.84. The smallest absolute Gasteiger partial charge is 0.137 e. The molecular formula is C21H31N3O2S. The minimum absolute atomic E-state index is 0.267. The van der Waals surface area contributed by atoms with Crippen LogP contribution in [0.15, 0.2) is 22.0 Å². The van der Waals surface area contributed by atoms with Crippen molar-refractivity contribution in [3.8, 4) is 0 Å². The van der Waals surface area contributed by atoms with Gasteiger partial charge in [-0.25, -0.2) is 0 Å². The van der Waals surface area contributed by atoms with E-state index in [9.17, 15) is 0 Å². The van der Waals surface area contributed by atoms with Gasteiger partial charge in [-0.15, -0.1) is 11.3 Å². The number of thiophene rings is 1. The minimum atomic E-state index is 0.267. The van der Waals surface area contributed by atoms with Crippen LogP contribution >= 0.6 is 11.3 Å². The van der Waals surface area contributed by atoms with Crippen molar-refractivity contribution in [3.05, 3.63) is 39.4 Å². The molecule has 4 heterocycles. The molecule has 2 atom stereocenters. The van der Waals surface area contributed by atoms with E-state index in [-0.39, 0.29) is 6.10 Å². The molecule has 0 spiro atoms. The second-order valence-electron chi connectivity index (χ2n) is 8.13. The van der Waals surface area contributed by atoms with Crippen LogP contribution in [0.2, 0.25) is 0 Å². The van der Waals surface area contributed by atoms with Gasteiger partial charge >= 0.3 is 0 Å². The van der Waals surface area contributed by atoms with Crippen LogP contribution in [0, 0.1) is 12.8 Å². The number of methoxy groups -OCH3 is 1. The summed E-state index contributed by atoms with van der Waals surface area (Å²) in [6.07, 6.45) is 5.28. The van der Waals surface area contributed by atoms with Crippen molar-refractivity contribution in [2.45, 2.75) is 51.8 Å². The molecule has 2 saturated heterocycles. The third kappa shape index (κ3) is 4.99. The molecule has 2 aliphatic rings. The van der Waals surface area contributed by atoms with Gasteiger partial charge in [0, 0.05) is 56.6 Å². The predicted octanol–water partition coefficient (Wildman–Crippen LogP) is 3.72. The topological polar surface area (TPSA) is 41.7 Å². The van der Waals surface area contributed by atoms with Crippen molar-refractivity contribution in [2.24, 2.45) is 5.92 Å². The van der Waals surface area contributed by atoms with Gasteiger partial charge in [-0.3, -0.25) is 9.80 Å². The summed E-state index contributed by atoms with van der Waals surface area (Å²) in [4.78, 5) is 6.59. The first kappa shape index (κ1) is 19.1. The van der Waals surface area contributed by atoms with Gasteiger partial charge in [-0.1, -0.05) is 11.6 Å². The van der Waals surface area contributed by atoms with Gasteiger partial charge in [0.15, 0.2) is 0 Å². The van der Waals surface area contributed by atoms with E-state index in [1.807, 2.05) is 31.4 Å². The van der Waals surface area contributed by atoms with Crippen molar-refractivity contribution in [2.75, 3.05) is 33.3 Å². The van der Waals surface area contributed by atoms with Crippen molar-refractivity contribution >= 4 is 11.3 Å². The molecular weight excluding hydrogens is 358 g/mol. The lowest BCUT2D eigenvalue weighted by molar-refractivity contribution is 0.0762. The van der Waals surface area contributed by atoms with Gasteiger partial charge < -0.3 is 9.26 Å². The number of hydrogen-bond acceptors (Lipinski definition) is 6. The molecule has 0 saturated carbocycles. The first-order valence-corrected chi connectivity index (χ1v) is 11.0. The summed E-state index contributed by atoms with van der Waals surface area (Å²) >= 11 is 1.90. The Bertz CT molecular complexity index is 723. The maximum atomic E-state index is 5.77. The molecule has 148 valence electrons. The molecule has 2 aromatic rings. The highest BCUT2D eigenvalue weighted by Gasteiger charge is 2.33. The summed E-state index contributed by atoms with van der Waals surface area (Å²) in [5, 5.41) is 6.36. The van der Waals surface area contributed by atoms with Crippen LogP contribution in [0.4, 0.5) is 0 Å².